The molecule has 3 rings (SSSR count). The Hall–Kier alpha value is -1.26. The van der Waals surface area contributed by atoms with Gasteiger partial charge in [0.15, 0.2) is 12.4 Å². The second kappa shape index (κ2) is 7.77. The molecule has 0 spiro atoms. The summed E-state index contributed by atoms with van der Waals surface area (Å²) in [5, 5.41) is 9.16. The molecule has 142 valence electrons. The topological polar surface area (TPSA) is 63.6 Å². The molecule has 1 aromatic rings. The molecule has 1 N–H and O–H groups in total. The zero-order valence-corrected chi connectivity index (χ0v) is 16.5. The van der Waals surface area contributed by atoms with Gasteiger partial charge in [-0.15, -0.1) is 0 Å². The SMILES string of the molecule is CCCC[C@]1(C2CCCC2)Cc2cc(OCC(=O)O)c(Cl)c(Cl)c2C1=O. The van der Waals surface area contributed by atoms with Crippen molar-refractivity contribution in [3.63, 3.8) is 0 Å². The molecule has 0 heterocycles. The van der Waals surface area contributed by atoms with E-state index < -0.39 is 18.0 Å². The highest BCUT2D eigenvalue weighted by molar-refractivity contribution is 6.45. The number of halogens is 2. The molecule has 0 saturated heterocycles. The van der Waals surface area contributed by atoms with E-state index in [2.05, 4.69) is 6.92 Å². The number of carbonyl (C=O) groups excluding carboxylic acids is 1. The molecule has 0 unspecified atom stereocenters. The van der Waals surface area contributed by atoms with Crippen molar-refractivity contribution in [2.45, 2.75) is 58.3 Å². The molecule has 6 heteroatoms. The zero-order chi connectivity index (χ0) is 18.9. The third-order valence-corrected chi connectivity index (χ3v) is 6.75. The van der Waals surface area contributed by atoms with E-state index in [0.29, 0.717) is 17.9 Å². The van der Waals surface area contributed by atoms with Crippen molar-refractivity contribution in [2.75, 3.05) is 6.61 Å². The number of hydrogen-bond acceptors (Lipinski definition) is 3. The Morgan fingerprint density at radius 2 is 2.00 bits per heavy atom. The molecule has 2 aliphatic rings. The monoisotopic (exact) mass is 398 g/mol. The Balaban J connectivity index is 2.00. The minimum atomic E-state index is -1.09. The Morgan fingerprint density at radius 3 is 2.62 bits per heavy atom. The van der Waals surface area contributed by atoms with Crippen molar-refractivity contribution in [2.24, 2.45) is 11.3 Å². The van der Waals surface area contributed by atoms with Crippen LogP contribution in [-0.2, 0) is 11.2 Å². The van der Waals surface area contributed by atoms with Crippen molar-refractivity contribution >= 4 is 35.0 Å². The lowest BCUT2D eigenvalue weighted by Crippen LogP contribution is -2.35. The summed E-state index contributed by atoms with van der Waals surface area (Å²) < 4.78 is 5.29. The third kappa shape index (κ3) is 3.34. The number of hydrogen-bond donors (Lipinski definition) is 1. The Kier molecular flexibility index (Phi) is 5.83. The van der Waals surface area contributed by atoms with Gasteiger partial charge in [0.05, 0.1) is 5.02 Å². The first kappa shape index (κ1) is 19.5. The van der Waals surface area contributed by atoms with E-state index in [0.717, 1.165) is 37.7 Å². The summed E-state index contributed by atoms with van der Waals surface area (Å²) in [7, 11) is 0. The highest BCUT2D eigenvalue weighted by Crippen LogP contribution is 2.54. The van der Waals surface area contributed by atoms with E-state index in [9.17, 15) is 9.59 Å². The standard InChI is InChI=1S/C20H24Cl2O4/c1-2-3-8-20(13-6-4-5-7-13)10-12-9-14(26-11-15(23)24)17(21)18(22)16(12)19(20)25/h9,13H,2-8,10-11H2,1H3,(H,23,24)/t20-/m1/s1. The molecule has 1 aromatic carbocycles. The number of rotatable bonds is 7. The van der Waals surface area contributed by atoms with Crippen LogP contribution in [0.5, 0.6) is 5.75 Å². The number of Topliss-reactive ketones (excluding diaryl/α,β-unsaturated/α-hetero) is 1. The number of benzene rings is 1. The summed E-state index contributed by atoms with van der Waals surface area (Å²) in [5.41, 5.74) is 0.961. The van der Waals surface area contributed by atoms with Gasteiger partial charge in [-0.1, -0.05) is 55.8 Å². The van der Waals surface area contributed by atoms with Gasteiger partial charge in [0.2, 0.25) is 0 Å². The molecule has 0 aliphatic heterocycles. The lowest BCUT2D eigenvalue weighted by molar-refractivity contribution is -0.139. The van der Waals surface area contributed by atoms with E-state index in [1.165, 1.54) is 12.8 Å². The number of carboxylic acid groups (broad SMARTS) is 1. The largest absolute Gasteiger partial charge is 0.480 e. The Bertz CT molecular complexity index is 725. The summed E-state index contributed by atoms with van der Waals surface area (Å²) in [6.07, 6.45) is 8.05. The van der Waals surface area contributed by atoms with Crippen molar-refractivity contribution in [1.82, 2.24) is 0 Å². The second-order valence-electron chi connectivity index (χ2n) is 7.47. The number of fused-ring (bicyclic) bond motifs is 1. The molecular formula is C20H24Cl2O4. The summed E-state index contributed by atoms with van der Waals surface area (Å²) in [5.74, 6) is -0.350. The average Bonchev–Trinajstić information content (AvgIpc) is 3.23. The van der Waals surface area contributed by atoms with Crippen LogP contribution >= 0.6 is 23.2 Å². The quantitative estimate of drug-likeness (QED) is 0.652. The van der Waals surface area contributed by atoms with E-state index >= 15 is 0 Å². The maximum Gasteiger partial charge on any atom is 0.341 e. The van der Waals surface area contributed by atoms with E-state index in [4.69, 9.17) is 33.0 Å². The van der Waals surface area contributed by atoms with Gasteiger partial charge < -0.3 is 9.84 Å². The van der Waals surface area contributed by atoms with E-state index in [1.807, 2.05) is 0 Å². The molecule has 1 atom stereocenters. The van der Waals surface area contributed by atoms with Crippen molar-refractivity contribution in [3.05, 3.63) is 27.2 Å². The lowest BCUT2D eigenvalue weighted by Gasteiger charge is -2.34. The number of carbonyl (C=O) groups is 2. The van der Waals surface area contributed by atoms with Gasteiger partial charge >= 0.3 is 5.97 Å². The molecule has 0 aromatic heterocycles. The number of ether oxygens (including phenoxy) is 1. The summed E-state index contributed by atoms with van der Waals surface area (Å²) in [4.78, 5) is 24.3. The average molecular weight is 399 g/mol. The minimum Gasteiger partial charge on any atom is -0.480 e. The van der Waals surface area contributed by atoms with Crippen LogP contribution in [0.1, 0.15) is 67.8 Å². The van der Waals surface area contributed by atoms with Crippen LogP contribution in [0.4, 0.5) is 0 Å². The molecule has 26 heavy (non-hydrogen) atoms. The summed E-state index contributed by atoms with van der Waals surface area (Å²) in [6.45, 7) is 1.64. The summed E-state index contributed by atoms with van der Waals surface area (Å²) >= 11 is 12.7. The van der Waals surface area contributed by atoms with Crippen LogP contribution in [0.15, 0.2) is 6.07 Å². The molecule has 0 bridgehead atoms. The van der Waals surface area contributed by atoms with Crippen LogP contribution in [0.3, 0.4) is 0 Å². The minimum absolute atomic E-state index is 0.115. The lowest BCUT2D eigenvalue weighted by atomic mass is 9.68. The van der Waals surface area contributed by atoms with Crippen molar-refractivity contribution in [1.29, 1.82) is 0 Å². The molecular weight excluding hydrogens is 375 g/mol. The fraction of sp³-hybridized carbons (Fsp3) is 0.600. The van der Waals surface area contributed by atoms with Gasteiger partial charge in [-0.25, -0.2) is 4.79 Å². The first-order chi connectivity index (χ1) is 12.4. The highest BCUT2D eigenvalue weighted by Gasteiger charge is 2.51. The third-order valence-electron chi connectivity index (χ3n) is 5.90. The van der Waals surface area contributed by atoms with Crippen molar-refractivity contribution < 1.29 is 19.4 Å². The fourth-order valence-electron chi connectivity index (χ4n) is 4.66. The van der Waals surface area contributed by atoms with Gasteiger partial charge in [-0.2, -0.15) is 0 Å². The van der Waals surface area contributed by atoms with Gasteiger partial charge in [-0.05, 0) is 43.2 Å². The smallest absolute Gasteiger partial charge is 0.341 e. The van der Waals surface area contributed by atoms with Crippen LogP contribution in [-0.4, -0.2) is 23.5 Å². The van der Waals surface area contributed by atoms with Gasteiger partial charge in [-0.3, -0.25) is 4.79 Å². The number of carboxylic acids is 1. The molecule has 0 amide bonds. The van der Waals surface area contributed by atoms with Crippen LogP contribution in [0, 0.1) is 11.3 Å². The molecule has 0 radical (unpaired) electrons. The molecule has 1 saturated carbocycles. The fourth-order valence-corrected chi connectivity index (χ4v) is 5.16. The first-order valence-electron chi connectivity index (χ1n) is 9.31. The number of ketones is 1. The highest BCUT2D eigenvalue weighted by atomic mass is 35.5. The van der Waals surface area contributed by atoms with Crippen LogP contribution in [0.25, 0.3) is 0 Å². The Morgan fingerprint density at radius 1 is 1.31 bits per heavy atom. The predicted octanol–water partition coefficient (Wildman–Crippen LogP) is 5.56. The number of aliphatic carboxylic acids is 1. The molecule has 1 fully saturated rings. The van der Waals surface area contributed by atoms with Crippen LogP contribution in [0.2, 0.25) is 10.0 Å². The summed E-state index contributed by atoms with van der Waals surface area (Å²) in [6, 6.07) is 1.72. The number of unbranched alkanes of at least 4 members (excludes halogenated alkanes) is 1. The van der Waals surface area contributed by atoms with Crippen LogP contribution < -0.4 is 4.74 Å². The van der Waals surface area contributed by atoms with Gasteiger partial charge in [0.25, 0.3) is 0 Å². The van der Waals surface area contributed by atoms with Gasteiger partial charge in [0.1, 0.15) is 10.8 Å². The van der Waals surface area contributed by atoms with Gasteiger partial charge in [0, 0.05) is 11.0 Å². The second-order valence-corrected chi connectivity index (χ2v) is 8.22. The molecule has 2 aliphatic carbocycles. The first-order valence-corrected chi connectivity index (χ1v) is 10.1. The van der Waals surface area contributed by atoms with E-state index in [1.54, 1.807) is 6.07 Å². The molecule has 4 nitrogen and oxygen atoms in total. The zero-order valence-electron chi connectivity index (χ0n) is 14.9. The Labute approximate surface area is 163 Å². The predicted molar refractivity (Wildman–Crippen MR) is 102 cm³/mol. The normalized spacial score (nSPS) is 22.7. The van der Waals surface area contributed by atoms with Crippen molar-refractivity contribution in [3.8, 4) is 5.75 Å². The van der Waals surface area contributed by atoms with E-state index in [-0.39, 0.29) is 21.6 Å². The maximum atomic E-state index is 13.5. The maximum absolute atomic E-state index is 13.5.